The molecule has 0 unspecified atom stereocenters. The lowest BCUT2D eigenvalue weighted by Gasteiger charge is -2.06. The largest absolute Gasteiger partial charge is 0.422 e. The molecule has 1 N–H and O–H groups in total. The van der Waals surface area contributed by atoms with E-state index in [0.29, 0.717) is 27.2 Å². The van der Waals surface area contributed by atoms with Crippen LogP contribution in [0.1, 0.15) is 19.4 Å². The molecule has 1 amide bonds. The van der Waals surface area contributed by atoms with Crippen LogP contribution in [0.4, 0.5) is 5.13 Å². The predicted octanol–water partition coefficient (Wildman–Crippen LogP) is 5.60. The second kappa shape index (κ2) is 8.85. The lowest BCUT2D eigenvalue weighted by Crippen LogP contribution is -2.14. The van der Waals surface area contributed by atoms with Crippen LogP contribution in [0.25, 0.3) is 22.2 Å². The third-order valence-electron chi connectivity index (χ3n) is 4.33. The Labute approximate surface area is 182 Å². The minimum Gasteiger partial charge on any atom is -0.422 e. The molecule has 0 radical (unpaired) electrons. The highest BCUT2D eigenvalue weighted by atomic mass is 32.2. The first-order valence-corrected chi connectivity index (χ1v) is 11.3. The molecule has 0 aliphatic rings. The van der Waals surface area contributed by atoms with Crippen LogP contribution in [0.5, 0.6) is 0 Å². The second-order valence-corrected chi connectivity index (χ2v) is 9.57. The van der Waals surface area contributed by atoms with Crippen molar-refractivity contribution in [3.63, 3.8) is 0 Å². The maximum atomic E-state index is 12.4. The van der Waals surface area contributed by atoms with E-state index in [2.05, 4.69) is 24.1 Å². The highest BCUT2D eigenvalue weighted by Crippen LogP contribution is 2.26. The summed E-state index contributed by atoms with van der Waals surface area (Å²) in [6.45, 7) is 4.30. The SMILES string of the molecule is CC(C)Sc1ccc(CC(=O)Nc2nc(-c3cc4ccccc4oc3=O)cs2)cc1. The van der Waals surface area contributed by atoms with Gasteiger partial charge in [-0.05, 0) is 29.8 Å². The summed E-state index contributed by atoms with van der Waals surface area (Å²) in [5.41, 5.74) is 1.89. The van der Waals surface area contributed by atoms with E-state index in [0.717, 1.165) is 10.9 Å². The standard InChI is InChI=1S/C23H20N2O3S2/c1-14(2)30-17-9-7-15(8-10-17)11-21(26)25-23-24-19(13-29-23)18-12-16-5-3-4-6-20(16)28-22(18)27/h3-10,12-14H,11H2,1-2H3,(H,24,25,26). The molecule has 0 saturated carbocycles. The van der Waals surface area contributed by atoms with Crippen molar-refractivity contribution >= 4 is 45.1 Å². The van der Waals surface area contributed by atoms with Gasteiger partial charge < -0.3 is 9.73 Å². The molecule has 2 aromatic heterocycles. The van der Waals surface area contributed by atoms with Gasteiger partial charge in [-0.25, -0.2) is 9.78 Å². The molecule has 152 valence electrons. The van der Waals surface area contributed by atoms with Crippen LogP contribution in [0, 0.1) is 0 Å². The summed E-state index contributed by atoms with van der Waals surface area (Å²) in [4.78, 5) is 30.3. The monoisotopic (exact) mass is 436 g/mol. The van der Waals surface area contributed by atoms with Crippen LogP contribution in [0.15, 0.2) is 74.1 Å². The van der Waals surface area contributed by atoms with Gasteiger partial charge in [-0.2, -0.15) is 0 Å². The number of rotatable bonds is 6. The number of fused-ring (bicyclic) bond motifs is 1. The molecule has 4 aromatic rings. The topological polar surface area (TPSA) is 72.2 Å². The molecule has 5 nitrogen and oxygen atoms in total. The molecule has 0 spiro atoms. The van der Waals surface area contributed by atoms with Crippen LogP contribution < -0.4 is 10.9 Å². The number of hydrogen-bond donors (Lipinski definition) is 1. The van der Waals surface area contributed by atoms with Crippen molar-refractivity contribution in [2.45, 2.75) is 30.4 Å². The molecule has 4 rings (SSSR count). The minimum absolute atomic E-state index is 0.147. The van der Waals surface area contributed by atoms with Crippen LogP contribution in [0.2, 0.25) is 0 Å². The van der Waals surface area contributed by atoms with E-state index in [1.54, 1.807) is 29.3 Å². The van der Waals surface area contributed by atoms with Crippen molar-refractivity contribution in [2.24, 2.45) is 0 Å². The van der Waals surface area contributed by atoms with Crippen molar-refractivity contribution in [3.05, 3.63) is 76.0 Å². The Kier molecular flexibility index (Phi) is 6.01. The first-order valence-electron chi connectivity index (χ1n) is 9.52. The van der Waals surface area contributed by atoms with Gasteiger partial charge in [0.05, 0.1) is 17.7 Å². The fourth-order valence-electron chi connectivity index (χ4n) is 3.00. The average Bonchev–Trinajstić information content (AvgIpc) is 3.16. The van der Waals surface area contributed by atoms with Gasteiger partial charge in [0.15, 0.2) is 5.13 Å². The number of thioether (sulfide) groups is 1. The zero-order valence-electron chi connectivity index (χ0n) is 16.5. The number of carbonyl (C=O) groups is 1. The highest BCUT2D eigenvalue weighted by Gasteiger charge is 2.13. The van der Waals surface area contributed by atoms with E-state index >= 15 is 0 Å². The van der Waals surface area contributed by atoms with Gasteiger partial charge in [0.25, 0.3) is 0 Å². The number of anilines is 1. The van der Waals surface area contributed by atoms with Gasteiger partial charge in [-0.1, -0.05) is 44.2 Å². The van der Waals surface area contributed by atoms with E-state index in [1.807, 2.05) is 42.5 Å². The van der Waals surface area contributed by atoms with Crippen molar-refractivity contribution in [2.75, 3.05) is 5.32 Å². The maximum Gasteiger partial charge on any atom is 0.345 e. The summed E-state index contributed by atoms with van der Waals surface area (Å²) >= 11 is 3.07. The lowest BCUT2D eigenvalue weighted by atomic mass is 10.1. The number of carbonyl (C=O) groups excluding carboxylic acids is 1. The van der Waals surface area contributed by atoms with E-state index in [4.69, 9.17) is 4.42 Å². The average molecular weight is 437 g/mol. The highest BCUT2D eigenvalue weighted by molar-refractivity contribution is 7.99. The summed E-state index contributed by atoms with van der Waals surface area (Å²) in [5.74, 6) is -0.147. The number of hydrogen-bond acceptors (Lipinski definition) is 6. The molecular weight excluding hydrogens is 416 g/mol. The molecule has 0 bridgehead atoms. The molecule has 2 heterocycles. The van der Waals surface area contributed by atoms with Crippen LogP contribution in [0.3, 0.4) is 0 Å². The van der Waals surface area contributed by atoms with Crippen molar-refractivity contribution in [1.82, 2.24) is 4.98 Å². The number of nitrogens with zero attached hydrogens (tertiary/aromatic N) is 1. The molecule has 30 heavy (non-hydrogen) atoms. The maximum absolute atomic E-state index is 12.4. The smallest absolute Gasteiger partial charge is 0.345 e. The van der Waals surface area contributed by atoms with Gasteiger partial charge in [0, 0.05) is 20.9 Å². The van der Waals surface area contributed by atoms with Gasteiger partial charge in [-0.3, -0.25) is 4.79 Å². The minimum atomic E-state index is -0.448. The Balaban J connectivity index is 1.45. The Bertz CT molecular complexity index is 1240. The summed E-state index contributed by atoms with van der Waals surface area (Å²) in [6.07, 6.45) is 0.264. The fraction of sp³-hybridized carbons (Fsp3) is 0.174. The number of thiazole rings is 1. The molecule has 0 saturated heterocycles. The van der Waals surface area contributed by atoms with Gasteiger partial charge >= 0.3 is 5.63 Å². The zero-order chi connectivity index (χ0) is 21.1. The second-order valence-electron chi connectivity index (χ2n) is 7.06. The molecule has 0 aliphatic carbocycles. The summed E-state index contributed by atoms with van der Waals surface area (Å²) < 4.78 is 5.37. The molecule has 2 aromatic carbocycles. The number of benzene rings is 2. The Morgan fingerprint density at radius 1 is 1.17 bits per heavy atom. The van der Waals surface area contributed by atoms with Gasteiger partial charge in [0.2, 0.25) is 5.91 Å². The first kappa shape index (κ1) is 20.4. The predicted molar refractivity (Wildman–Crippen MR) is 123 cm³/mol. The first-order chi connectivity index (χ1) is 14.5. The Hall–Kier alpha value is -2.90. The van der Waals surface area contributed by atoms with E-state index in [1.165, 1.54) is 16.2 Å². The van der Waals surface area contributed by atoms with E-state index < -0.39 is 5.63 Å². The van der Waals surface area contributed by atoms with E-state index in [9.17, 15) is 9.59 Å². The molecule has 0 fully saturated rings. The van der Waals surface area contributed by atoms with Gasteiger partial charge in [-0.15, -0.1) is 23.1 Å². The third kappa shape index (κ3) is 4.80. The zero-order valence-corrected chi connectivity index (χ0v) is 18.2. The van der Waals surface area contributed by atoms with Crippen LogP contribution in [-0.2, 0) is 11.2 Å². The normalized spacial score (nSPS) is 11.2. The quantitative estimate of drug-likeness (QED) is 0.315. The summed E-state index contributed by atoms with van der Waals surface area (Å²) in [5, 5.41) is 6.35. The van der Waals surface area contributed by atoms with Crippen LogP contribution in [-0.4, -0.2) is 16.1 Å². The van der Waals surface area contributed by atoms with Gasteiger partial charge in [0.1, 0.15) is 5.58 Å². The van der Waals surface area contributed by atoms with Crippen LogP contribution >= 0.6 is 23.1 Å². The van der Waals surface area contributed by atoms with Crippen molar-refractivity contribution < 1.29 is 9.21 Å². The lowest BCUT2D eigenvalue weighted by molar-refractivity contribution is -0.115. The molecular formula is C23H20N2O3S2. The van der Waals surface area contributed by atoms with E-state index in [-0.39, 0.29) is 12.3 Å². The number of aromatic nitrogens is 1. The Morgan fingerprint density at radius 2 is 1.93 bits per heavy atom. The third-order valence-corrected chi connectivity index (χ3v) is 6.10. The van der Waals surface area contributed by atoms with Crippen molar-refractivity contribution in [1.29, 1.82) is 0 Å². The number of amides is 1. The Morgan fingerprint density at radius 3 is 2.70 bits per heavy atom. The number of para-hydroxylation sites is 1. The fourth-order valence-corrected chi connectivity index (χ4v) is 4.57. The molecule has 0 aliphatic heterocycles. The number of nitrogens with one attached hydrogen (secondary N) is 1. The summed E-state index contributed by atoms with van der Waals surface area (Å²) in [7, 11) is 0. The van der Waals surface area contributed by atoms with Crippen molar-refractivity contribution in [3.8, 4) is 11.3 Å². The summed E-state index contributed by atoms with van der Waals surface area (Å²) in [6, 6.07) is 17.1. The molecule has 0 atom stereocenters. The molecule has 7 heteroatoms.